The zero-order valence-electron chi connectivity index (χ0n) is 21.6. The Hall–Kier alpha value is -3.16. The number of carbonyl (C=O) groups is 1. The van der Waals surface area contributed by atoms with Crippen molar-refractivity contribution in [1.29, 1.82) is 0 Å². The van der Waals surface area contributed by atoms with Crippen molar-refractivity contribution < 1.29 is 31.3 Å². The molecule has 1 aliphatic heterocycles. The van der Waals surface area contributed by atoms with Crippen LogP contribution in [0.2, 0.25) is 0 Å². The number of aryl methyl sites for hydroxylation is 1. The fourth-order valence-electron chi connectivity index (χ4n) is 3.38. The number of unbranched alkanes of at least 4 members (excludes halogenated alkanes) is 2. The van der Waals surface area contributed by atoms with Gasteiger partial charge in [-0.3, -0.25) is 4.18 Å². The van der Waals surface area contributed by atoms with Crippen LogP contribution in [0.1, 0.15) is 57.6 Å². The first-order valence-corrected chi connectivity index (χ1v) is 13.6. The van der Waals surface area contributed by atoms with Crippen molar-refractivity contribution in [2.24, 2.45) is 0 Å². The monoisotopic (exact) mass is 532 g/mol. The van der Waals surface area contributed by atoms with Gasteiger partial charge in [-0.25, -0.2) is 9.78 Å². The first kappa shape index (κ1) is 28.4. The van der Waals surface area contributed by atoms with Gasteiger partial charge in [0, 0.05) is 30.8 Å². The fraction of sp³-hybridized carbons (Fsp3) is 0.481. The molecule has 0 bridgehead atoms. The third kappa shape index (κ3) is 8.72. The second-order valence-electron chi connectivity index (χ2n) is 9.79. The highest BCUT2D eigenvalue weighted by atomic mass is 32.2. The van der Waals surface area contributed by atoms with Crippen molar-refractivity contribution in [1.82, 2.24) is 9.88 Å². The molecule has 8 nitrogen and oxygen atoms in total. The summed E-state index contributed by atoms with van der Waals surface area (Å²) in [5.41, 5.74) is 0.871. The van der Waals surface area contributed by atoms with Crippen molar-refractivity contribution >= 4 is 16.2 Å². The smallest absolute Gasteiger partial charge is 0.410 e. The maximum absolute atomic E-state index is 14.1. The van der Waals surface area contributed by atoms with Crippen molar-refractivity contribution in [3.05, 3.63) is 53.6 Å². The average Bonchev–Trinajstić information content (AvgIpc) is 2.78. The summed E-state index contributed by atoms with van der Waals surface area (Å²) >= 11 is 0. The van der Waals surface area contributed by atoms with Crippen LogP contribution in [0.4, 0.5) is 9.18 Å². The van der Waals surface area contributed by atoms with Gasteiger partial charge in [-0.15, -0.1) is 0 Å². The van der Waals surface area contributed by atoms with Crippen LogP contribution < -0.4 is 4.74 Å². The molecule has 0 aliphatic carbocycles. The molecule has 1 amide bonds. The summed E-state index contributed by atoms with van der Waals surface area (Å²) in [5, 5.41) is 0. The van der Waals surface area contributed by atoms with Gasteiger partial charge in [-0.2, -0.15) is 12.8 Å². The van der Waals surface area contributed by atoms with Gasteiger partial charge in [0.05, 0.1) is 17.5 Å². The molecule has 1 aliphatic rings. The highest BCUT2D eigenvalue weighted by Gasteiger charge is 2.35. The molecule has 0 N–H and O–H groups in total. The topological polar surface area (TPSA) is 95.0 Å². The fourth-order valence-corrected chi connectivity index (χ4v) is 4.32. The minimum Gasteiger partial charge on any atom is -0.487 e. The number of pyridine rings is 1. The lowest BCUT2D eigenvalue weighted by Gasteiger charge is -2.40. The molecule has 3 rings (SSSR count). The zero-order chi connectivity index (χ0) is 27.1. The van der Waals surface area contributed by atoms with E-state index in [0.717, 1.165) is 12.0 Å². The maximum atomic E-state index is 14.1. The van der Waals surface area contributed by atoms with Crippen LogP contribution in [0.25, 0.3) is 0 Å². The van der Waals surface area contributed by atoms with Crippen LogP contribution in [-0.4, -0.2) is 55.8 Å². The normalized spacial score (nSPS) is 15.4. The van der Waals surface area contributed by atoms with Crippen molar-refractivity contribution in [3.8, 4) is 17.6 Å². The number of aromatic nitrogens is 1. The molecule has 1 aromatic heterocycles. The molecular weight excluding hydrogens is 499 g/mol. The quantitative estimate of drug-likeness (QED) is 0.197. The SMILES string of the molecule is Cc1ccc(S(=O)(=O)OCCCCC#Cc2cnc(F)c(OCC3CCN3C(=O)OC(C)(C)C)c2)cc1. The van der Waals surface area contributed by atoms with E-state index in [2.05, 4.69) is 16.8 Å². The van der Waals surface area contributed by atoms with Crippen molar-refractivity contribution in [2.45, 2.75) is 69.9 Å². The largest absolute Gasteiger partial charge is 0.487 e. The van der Waals surface area contributed by atoms with E-state index in [9.17, 15) is 17.6 Å². The first-order chi connectivity index (χ1) is 17.4. The standard InChI is InChI=1S/C27H33FN2O6S/c1-20-10-12-23(13-11-20)37(32,33)35-16-8-6-5-7-9-21-17-24(25(28)29-18-21)34-19-22-14-15-30(22)26(31)36-27(2,3)4/h10-13,17-18,22H,5-6,8,14-16,19H2,1-4H3. The van der Waals surface area contributed by atoms with E-state index in [1.54, 1.807) is 37.8 Å². The Morgan fingerprint density at radius 3 is 2.59 bits per heavy atom. The van der Waals surface area contributed by atoms with Gasteiger partial charge in [0.25, 0.3) is 16.1 Å². The summed E-state index contributed by atoms with van der Waals surface area (Å²) in [7, 11) is -3.77. The third-order valence-electron chi connectivity index (χ3n) is 5.49. The van der Waals surface area contributed by atoms with E-state index in [-0.39, 0.29) is 29.9 Å². The molecule has 2 heterocycles. The van der Waals surface area contributed by atoms with Gasteiger partial charge >= 0.3 is 6.09 Å². The summed E-state index contributed by atoms with van der Waals surface area (Å²) in [4.78, 5) is 17.6. The van der Waals surface area contributed by atoms with E-state index in [4.69, 9.17) is 13.7 Å². The highest BCUT2D eigenvalue weighted by molar-refractivity contribution is 7.86. The predicted octanol–water partition coefficient (Wildman–Crippen LogP) is 4.84. The van der Waals surface area contributed by atoms with Gasteiger partial charge in [-0.1, -0.05) is 29.5 Å². The number of benzene rings is 1. The second kappa shape index (κ2) is 12.4. The molecule has 1 unspecified atom stereocenters. The molecule has 200 valence electrons. The zero-order valence-corrected chi connectivity index (χ0v) is 22.4. The van der Waals surface area contributed by atoms with Gasteiger partial charge in [-0.05, 0) is 59.1 Å². The summed E-state index contributed by atoms with van der Waals surface area (Å²) in [6, 6.07) is 7.77. The molecule has 1 aromatic carbocycles. The van der Waals surface area contributed by atoms with Crippen LogP contribution in [0.3, 0.4) is 0 Å². The lowest BCUT2D eigenvalue weighted by molar-refractivity contribution is -0.0144. The van der Waals surface area contributed by atoms with E-state index < -0.39 is 27.8 Å². The molecule has 2 aromatic rings. The van der Waals surface area contributed by atoms with E-state index in [0.29, 0.717) is 31.4 Å². The van der Waals surface area contributed by atoms with Crippen molar-refractivity contribution in [3.63, 3.8) is 0 Å². The van der Waals surface area contributed by atoms with Crippen LogP contribution in [0, 0.1) is 24.7 Å². The number of nitrogens with zero attached hydrogens (tertiary/aromatic N) is 2. The molecule has 1 saturated heterocycles. The minimum atomic E-state index is -3.77. The average molecular weight is 533 g/mol. The molecule has 0 radical (unpaired) electrons. The van der Waals surface area contributed by atoms with Crippen LogP contribution >= 0.6 is 0 Å². The van der Waals surface area contributed by atoms with Crippen LogP contribution in [0.15, 0.2) is 41.4 Å². The molecule has 1 atom stereocenters. The summed E-state index contributed by atoms with van der Waals surface area (Å²) in [5.74, 6) is 5.11. The Morgan fingerprint density at radius 1 is 1.22 bits per heavy atom. The Morgan fingerprint density at radius 2 is 1.95 bits per heavy atom. The first-order valence-electron chi connectivity index (χ1n) is 12.2. The van der Waals surface area contributed by atoms with Crippen LogP contribution in [0.5, 0.6) is 5.75 Å². The number of likely N-dealkylation sites (tertiary alicyclic amines) is 1. The number of ether oxygens (including phenoxy) is 2. The Balaban J connectivity index is 1.42. The summed E-state index contributed by atoms with van der Waals surface area (Å²) < 4.78 is 54.5. The lowest BCUT2D eigenvalue weighted by atomic mass is 10.1. The number of amides is 1. The summed E-state index contributed by atoms with van der Waals surface area (Å²) in [6.07, 6.45) is 3.31. The Labute approximate surface area is 218 Å². The van der Waals surface area contributed by atoms with Gasteiger partial charge in [0.15, 0.2) is 5.75 Å². The van der Waals surface area contributed by atoms with Crippen molar-refractivity contribution in [2.75, 3.05) is 19.8 Å². The number of hydrogen-bond acceptors (Lipinski definition) is 7. The molecule has 1 fully saturated rings. The maximum Gasteiger partial charge on any atom is 0.410 e. The number of rotatable bonds is 9. The third-order valence-corrected chi connectivity index (χ3v) is 6.81. The molecule has 0 saturated carbocycles. The summed E-state index contributed by atoms with van der Waals surface area (Å²) in [6.45, 7) is 8.04. The Kier molecular flexibility index (Phi) is 9.51. The number of hydrogen-bond donors (Lipinski definition) is 0. The molecular formula is C27H33FN2O6S. The second-order valence-corrected chi connectivity index (χ2v) is 11.4. The van der Waals surface area contributed by atoms with E-state index >= 15 is 0 Å². The number of halogens is 1. The van der Waals surface area contributed by atoms with Crippen LogP contribution in [-0.2, 0) is 19.0 Å². The number of carbonyl (C=O) groups excluding carboxylic acids is 1. The van der Waals surface area contributed by atoms with Gasteiger partial charge in [0.1, 0.15) is 12.2 Å². The molecule has 0 spiro atoms. The lowest BCUT2D eigenvalue weighted by Crippen LogP contribution is -2.55. The Bertz CT molecular complexity index is 1250. The van der Waals surface area contributed by atoms with Gasteiger partial charge in [0.2, 0.25) is 0 Å². The highest BCUT2D eigenvalue weighted by Crippen LogP contribution is 2.24. The van der Waals surface area contributed by atoms with Gasteiger partial charge < -0.3 is 14.4 Å². The molecule has 10 heteroatoms. The minimum absolute atomic E-state index is 0.0300. The van der Waals surface area contributed by atoms with E-state index in [1.807, 2.05) is 6.92 Å². The predicted molar refractivity (Wildman–Crippen MR) is 136 cm³/mol. The molecule has 37 heavy (non-hydrogen) atoms. The van der Waals surface area contributed by atoms with E-state index in [1.165, 1.54) is 24.4 Å².